The van der Waals surface area contributed by atoms with Crippen LogP contribution in [-0.2, 0) is 6.54 Å². The van der Waals surface area contributed by atoms with Gasteiger partial charge in [-0.3, -0.25) is 0 Å². The number of carboxylic acids is 1. The summed E-state index contributed by atoms with van der Waals surface area (Å²) in [6, 6.07) is 7.05. The van der Waals surface area contributed by atoms with Crippen LogP contribution in [0.15, 0.2) is 24.3 Å². The number of benzene rings is 1. The lowest BCUT2D eigenvalue weighted by molar-refractivity contribution is 0.0696. The number of carbonyl (C=O) groups is 1. The van der Waals surface area contributed by atoms with Crippen LogP contribution in [0.3, 0.4) is 0 Å². The molecule has 104 valence electrons. The normalized spacial score (nSPS) is 23.8. The van der Waals surface area contributed by atoms with Gasteiger partial charge < -0.3 is 15.5 Å². The van der Waals surface area contributed by atoms with Gasteiger partial charge in [0.25, 0.3) is 0 Å². The number of aliphatic hydroxyl groups excluding tert-OH is 1. The van der Waals surface area contributed by atoms with E-state index >= 15 is 0 Å². The lowest BCUT2D eigenvalue weighted by atomic mass is 10.1. The monoisotopic (exact) mass is 263 g/mol. The van der Waals surface area contributed by atoms with Crippen LogP contribution in [0, 0.1) is 0 Å². The van der Waals surface area contributed by atoms with E-state index in [0.717, 1.165) is 31.2 Å². The minimum absolute atomic E-state index is 0.121. The van der Waals surface area contributed by atoms with E-state index in [1.54, 1.807) is 18.2 Å². The summed E-state index contributed by atoms with van der Waals surface area (Å²) in [7, 11) is 0. The smallest absolute Gasteiger partial charge is 0.335 e. The van der Waals surface area contributed by atoms with Crippen molar-refractivity contribution in [3.63, 3.8) is 0 Å². The molecule has 0 aliphatic heterocycles. The third kappa shape index (κ3) is 4.04. The Balaban J connectivity index is 1.93. The Morgan fingerprint density at radius 3 is 2.84 bits per heavy atom. The second-order valence-electron chi connectivity index (χ2n) is 5.20. The molecule has 1 aromatic rings. The van der Waals surface area contributed by atoms with Crippen molar-refractivity contribution < 1.29 is 15.0 Å². The number of rotatable bonds is 4. The molecule has 1 aromatic carbocycles. The van der Waals surface area contributed by atoms with Crippen molar-refractivity contribution in [3.8, 4) is 0 Å². The first kappa shape index (κ1) is 14.0. The van der Waals surface area contributed by atoms with Gasteiger partial charge in [0.15, 0.2) is 0 Å². The fraction of sp³-hybridized carbons (Fsp3) is 0.533. The largest absolute Gasteiger partial charge is 0.478 e. The van der Waals surface area contributed by atoms with Gasteiger partial charge in [-0.1, -0.05) is 31.4 Å². The summed E-state index contributed by atoms with van der Waals surface area (Å²) in [4.78, 5) is 10.9. The lowest BCUT2D eigenvalue weighted by Crippen LogP contribution is -2.38. The van der Waals surface area contributed by atoms with Gasteiger partial charge in [-0.25, -0.2) is 4.79 Å². The number of carboxylic acid groups (broad SMARTS) is 1. The topological polar surface area (TPSA) is 69.6 Å². The van der Waals surface area contributed by atoms with Crippen molar-refractivity contribution in [2.24, 2.45) is 0 Å². The highest BCUT2D eigenvalue weighted by atomic mass is 16.4. The number of aromatic carboxylic acids is 1. The van der Waals surface area contributed by atoms with Gasteiger partial charge in [-0.2, -0.15) is 0 Å². The second kappa shape index (κ2) is 6.68. The molecule has 1 fully saturated rings. The summed E-state index contributed by atoms with van der Waals surface area (Å²) in [5, 5.41) is 22.3. The van der Waals surface area contributed by atoms with Crippen LogP contribution < -0.4 is 5.32 Å². The van der Waals surface area contributed by atoms with Gasteiger partial charge >= 0.3 is 5.97 Å². The van der Waals surface area contributed by atoms with E-state index in [1.165, 1.54) is 6.42 Å². The van der Waals surface area contributed by atoms with Crippen molar-refractivity contribution in [1.82, 2.24) is 5.32 Å². The highest BCUT2D eigenvalue weighted by Gasteiger charge is 2.20. The molecule has 0 aromatic heterocycles. The van der Waals surface area contributed by atoms with Gasteiger partial charge in [0, 0.05) is 12.6 Å². The number of hydrogen-bond donors (Lipinski definition) is 3. The van der Waals surface area contributed by atoms with E-state index in [-0.39, 0.29) is 12.1 Å². The first-order chi connectivity index (χ1) is 9.16. The highest BCUT2D eigenvalue weighted by Crippen LogP contribution is 2.18. The quantitative estimate of drug-likeness (QED) is 0.728. The van der Waals surface area contributed by atoms with Crippen LogP contribution in [0.2, 0.25) is 0 Å². The molecule has 2 rings (SSSR count). The first-order valence-electron chi connectivity index (χ1n) is 6.90. The maximum absolute atomic E-state index is 10.9. The van der Waals surface area contributed by atoms with E-state index in [4.69, 9.17) is 5.11 Å². The Bertz CT molecular complexity index is 433. The van der Waals surface area contributed by atoms with Gasteiger partial charge in [-0.15, -0.1) is 0 Å². The molecule has 0 heterocycles. The summed E-state index contributed by atoms with van der Waals surface area (Å²) in [6.07, 6.45) is 4.97. The van der Waals surface area contributed by atoms with Crippen LogP contribution in [0.1, 0.15) is 48.0 Å². The van der Waals surface area contributed by atoms with E-state index in [1.807, 2.05) is 6.07 Å². The molecule has 4 heteroatoms. The summed E-state index contributed by atoms with van der Waals surface area (Å²) in [6.45, 7) is 0.600. The number of aliphatic hydroxyl groups is 1. The zero-order valence-electron chi connectivity index (χ0n) is 11.0. The molecule has 0 spiro atoms. The summed E-state index contributed by atoms with van der Waals surface area (Å²) >= 11 is 0. The molecule has 1 aliphatic rings. The predicted octanol–water partition coefficient (Wildman–Crippen LogP) is 2.17. The molecule has 2 unspecified atom stereocenters. The fourth-order valence-corrected chi connectivity index (χ4v) is 2.59. The minimum atomic E-state index is -0.906. The molecule has 0 saturated heterocycles. The molecule has 2 atom stereocenters. The molecule has 3 N–H and O–H groups in total. The predicted molar refractivity (Wildman–Crippen MR) is 73.1 cm³/mol. The Labute approximate surface area is 113 Å². The Kier molecular flexibility index (Phi) is 4.93. The van der Waals surface area contributed by atoms with Crippen molar-refractivity contribution >= 4 is 5.97 Å². The molecule has 1 saturated carbocycles. The van der Waals surface area contributed by atoms with E-state index in [2.05, 4.69) is 5.32 Å². The maximum atomic E-state index is 10.9. The average Bonchev–Trinajstić information content (AvgIpc) is 2.61. The molecule has 4 nitrogen and oxygen atoms in total. The summed E-state index contributed by atoms with van der Waals surface area (Å²) in [5.41, 5.74) is 1.25. The SMILES string of the molecule is O=C(O)c1cccc(CNC2CCCCCC2O)c1. The molecule has 0 radical (unpaired) electrons. The van der Waals surface area contributed by atoms with Crippen LogP contribution >= 0.6 is 0 Å². The van der Waals surface area contributed by atoms with Gasteiger partial charge in [0.05, 0.1) is 11.7 Å². The van der Waals surface area contributed by atoms with Crippen molar-refractivity contribution in [2.45, 2.75) is 50.8 Å². The number of nitrogens with one attached hydrogen (secondary N) is 1. The standard InChI is InChI=1S/C15H21NO3/c17-14-8-3-1-2-7-13(14)16-10-11-5-4-6-12(9-11)15(18)19/h4-6,9,13-14,16-17H,1-3,7-8,10H2,(H,18,19). The molecule has 1 aliphatic carbocycles. The van der Waals surface area contributed by atoms with Crippen molar-refractivity contribution in [1.29, 1.82) is 0 Å². The molecule has 19 heavy (non-hydrogen) atoms. The second-order valence-corrected chi connectivity index (χ2v) is 5.20. The summed E-state index contributed by atoms with van der Waals surface area (Å²) < 4.78 is 0. The molecular weight excluding hydrogens is 242 g/mol. The summed E-state index contributed by atoms with van der Waals surface area (Å²) in [5.74, 6) is -0.906. The van der Waals surface area contributed by atoms with Crippen LogP contribution in [0.4, 0.5) is 0 Å². The van der Waals surface area contributed by atoms with Crippen molar-refractivity contribution in [2.75, 3.05) is 0 Å². The van der Waals surface area contributed by atoms with Crippen LogP contribution in [0.5, 0.6) is 0 Å². The van der Waals surface area contributed by atoms with E-state index in [0.29, 0.717) is 12.1 Å². The first-order valence-corrected chi connectivity index (χ1v) is 6.90. The average molecular weight is 263 g/mol. The Morgan fingerprint density at radius 2 is 2.05 bits per heavy atom. The van der Waals surface area contributed by atoms with Crippen molar-refractivity contribution in [3.05, 3.63) is 35.4 Å². The zero-order chi connectivity index (χ0) is 13.7. The van der Waals surface area contributed by atoms with Crippen LogP contribution in [0.25, 0.3) is 0 Å². The van der Waals surface area contributed by atoms with E-state index < -0.39 is 5.97 Å². The molecular formula is C15H21NO3. The molecule has 0 amide bonds. The van der Waals surface area contributed by atoms with E-state index in [9.17, 15) is 9.90 Å². The maximum Gasteiger partial charge on any atom is 0.335 e. The zero-order valence-corrected chi connectivity index (χ0v) is 11.0. The minimum Gasteiger partial charge on any atom is -0.478 e. The highest BCUT2D eigenvalue weighted by molar-refractivity contribution is 5.87. The lowest BCUT2D eigenvalue weighted by Gasteiger charge is -2.21. The van der Waals surface area contributed by atoms with Gasteiger partial charge in [0.2, 0.25) is 0 Å². The van der Waals surface area contributed by atoms with Gasteiger partial charge in [-0.05, 0) is 30.5 Å². The third-order valence-corrected chi connectivity index (χ3v) is 3.72. The van der Waals surface area contributed by atoms with Gasteiger partial charge in [0.1, 0.15) is 0 Å². The fourth-order valence-electron chi connectivity index (χ4n) is 2.59. The van der Waals surface area contributed by atoms with Crippen LogP contribution in [-0.4, -0.2) is 28.3 Å². The number of hydrogen-bond acceptors (Lipinski definition) is 3. The Hall–Kier alpha value is -1.39. The Morgan fingerprint density at radius 1 is 1.26 bits per heavy atom. The third-order valence-electron chi connectivity index (χ3n) is 3.72. The molecule has 0 bridgehead atoms.